The fourth-order valence-corrected chi connectivity index (χ4v) is 6.49. The molecule has 0 unspecified atom stereocenters. The summed E-state index contributed by atoms with van der Waals surface area (Å²) in [6.07, 6.45) is 8.77. The van der Waals surface area contributed by atoms with Crippen molar-refractivity contribution in [1.82, 2.24) is 0 Å². The average molecular weight is 564 g/mol. The van der Waals surface area contributed by atoms with E-state index >= 15 is 0 Å². The summed E-state index contributed by atoms with van der Waals surface area (Å²) in [5.41, 5.74) is 5.37. The molecule has 1 aliphatic rings. The maximum absolute atomic E-state index is 11.0. The summed E-state index contributed by atoms with van der Waals surface area (Å²) in [6.45, 7) is 11.1. The Balaban J connectivity index is 1.61. The lowest BCUT2D eigenvalue weighted by Gasteiger charge is -2.24. The Hall–Kier alpha value is -3.16. The molecule has 0 saturated heterocycles. The van der Waals surface area contributed by atoms with Crippen LogP contribution in [-0.4, -0.2) is 53.8 Å². The van der Waals surface area contributed by atoms with E-state index in [1.165, 1.54) is 40.6 Å². The number of hydrogen-bond donors (Lipinski definition) is 2. The van der Waals surface area contributed by atoms with Crippen LogP contribution in [-0.2, 0) is 15.5 Å². The molecule has 214 valence electrons. The molecule has 0 fully saturated rings. The number of phenolic OH excluding ortho intramolecular Hbond substituents is 1. The number of aromatic hydroxyl groups is 1. The highest BCUT2D eigenvalue weighted by atomic mass is 32.2. The normalized spacial score (nSPS) is 14.8. The summed E-state index contributed by atoms with van der Waals surface area (Å²) in [6, 6.07) is 18.8. The minimum absolute atomic E-state index is 0.179. The van der Waals surface area contributed by atoms with Crippen molar-refractivity contribution in [3.8, 4) is 5.75 Å². The molecule has 0 radical (unpaired) electrons. The van der Waals surface area contributed by atoms with Gasteiger partial charge in [-0.2, -0.15) is 13.0 Å². The van der Waals surface area contributed by atoms with Gasteiger partial charge in [-0.15, -0.1) is 0 Å². The second-order valence-corrected chi connectivity index (χ2v) is 12.8. The maximum Gasteiger partial charge on any atom is 0.264 e. The summed E-state index contributed by atoms with van der Waals surface area (Å²) in [7, 11) is -3.95. The molecule has 3 aromatic carbocycles. The standard InChI is InChI=1S/C33H42N2O4S/c1-5-7-10-22-35-29-19-17-26-13-8-9-14-27(26)32(29)33(3,4)31(35)20-16-25-15-18-28(30(36)24-25)34(6-2)21-11-12-23-40(37,38)39/h8-9,13-20,24H,5-7,10-12,21-23H2,1-4H3,(H-,36,37,38,39)/p+1. The fourth-order valence-electron chi connectivity index (χ4n) is 5.92. The quantitative estimate of drug-likeness (QED) is 0.129. The first kappa shape index (κ1) is 29.8. The number of rotatable bonds is 13. The van der Waals surface area contributed by atoms with Gasteiger partial charge in [-0.1, -0.05) is 43.7 Å². The second kappa shape index (κ2) is 12.6. The fraction of sp³-hybridized carbons (Fsp3) is 0.424. The van der Waals surface area contributed by atoms with E-state index in [0.29, 0.717) is 25.9 Å². The number of fused-ring (bicyclic) bond motifs is 3. The van der Waals surface area contributed by atoms with Gasteiger partial charge in [0.1, 0.15) is 12.3 Å². The van der Waals surface area contributed by atoms with Crippen LogP contribution in [0.1, 0.15) is 70.9 Å². The minimum atomic E-state index is -3.95. The number of benzene rings is 3. The van der Waals surface area contributed by atoms with E-state index in [9.17, 15) is 13.5 Å². The molecular formula is C33H43N2O4S+. The number of nitrogens with zero attached hydrogens (tertiary/aromatic N) is 2. The topological polar surface area (TPSA) is 80.9 Å². The molecule has 40 heavy (non-hydrogen) atoms. The molecular weight excluding hydrogens is 520 g/mol. The second-order valence-electron chi connectivity index (χ2n) is 11.2. The summed E-state index contributed by atoms with van der Waals surface area (Å²) in [5.74, 6) is -0.0477. The van der Waals surface area contributed by atoms with Gasteiger partial charge in [0.15, 0.2) is 5.71 Å². The van der Waals surface area contributed by atoms with Gasteiger partial charge < -0.3 is 10.0 Å². The van der Waals surface area contributed by atoms with Gasteiger partial charge in [0.05, 0.1) is 16.9 Å². The monoisotopic (exact) mass is 563 g/mol. The molecule has 0 saturated carbocycles. The van der Waals surface area contributed by atoms with Crippen molar-refractivity contribution >= 4 is 44.1 Å². The lowest BCUT2D eigenvalue weighted by atomic mass is 9.79. The van der Waals surface area contributed by atoms with E-state index in [0.717, 1.165) is 24.2 Å². The van der Waals surface area contributed by atoms with Gasteiger partial charge in [-0.05, 0) is 80.6 Å². The molecule has 0 atom stereocenters. The molecule has 0 amide bonds. The smallest absolute Gasteiger partial charge is 0.264 e. The SMILES string of the molecule is CCCCC[N+]1=C(/C=C/c2ccc(N(CC)CCCCS(=O)(=O)O)c(O)c2)C(C)(C)c2c1ccc1ccccc21. The molecule has 0 aromatic heterocycles. The van der Waals surface area contributed by atoms with Crippen LogP contribution in [0.3, 0.4) is 0 Å². The van der Waals surface area contributed by atoms with Crippen LogP contribution in [0.15, 0.2) is 60.7 Å². The van der Waals surface area contributed by atoms with E-state index in [4.69, 9.17) is 4.55 Å². The van der Waals surface area contributed by atoms with E-state index in [2.05, 4.69) is 73.9 Å². The van der Waals surface area contributed by atoms with Crippen LogP contribution in [0, 0.1) is 0 Å². The van der Waals surface area contributed by atoms with Crippen LogP contribution in [0.4, 0.5) is 11.4 Å². The zero-order valence-corrected chi connectivity index (χ0v) is 25.0. The molecule has 1 heterocycles. The number of allylic oxidation sites excluding steroid dienone is 1. The Bertz CT molecular complexity index is 1520. The van der Waals surface area contributed by atoms with Crippen LogP contribution >= 0.6 is 0 Å². The molecule has 4 rings (SSSR count). The Kier molecular flexibility index (Phi) is 9.37. The Morgan fingerprint density at radius 3 is 2.42 bits per heavy atom. The number of unbranched alkanes of at least 4 members (excludes halogenated alkanes) is 3. The Morgan fingerprint density at radius 2 is 1.73 bits per heavy atom. The van der Waals surface area contributed by atoms with E-state index in [-0.39, 0.29) is 16.9 Å². The Morgan fingerprint density at radius 1 is 0.950 bits per heavy atom. The first-order valence-electron chi connectivity index (χ1n) is 14.4. The number of phenols is 1. The largest absolute Gasteiger partial charge is 0.506 e. The first-order chi connectivity index (χ1) is 19.1. The number of hydrogen-bond acceptors (Lipinski definition) is 4. The summed E-state index contributed by atoms with van der Waals surface area (Å²) in [5, 5.41) is 13.5. The van der Waals surface area contributed by atoms with Crippen LogP contribution in [0.5, 0.6) is 5.75 Å². The van der Waals surface area contributed by atoms with Crippen LogP contribution in [0.25, 0.3) is 16.8 Å². The van der Waals surface area contributed by atoms with Crippen molar-refractivity contribution in [3.63, 3.8) is 0 Å². The van der Waals surface area contributed by atoms with Crippen LogP contribution in [0.2, 0.25) is 0 Å². The van der Waals surface area contributed by atoms with Crippen LogP contribution < -0.4 is 4.90 Å². The highest BCUT2D eigenvalue weighted by Crippen LogP contribution is 2.44. The lowest BCUT2D eigenvalue weighted by Crippen LogP contribution is -2.28. The van der Waals surface area contributed by atoms with Gasteiger partial charge >= 0.3 is 0 Å². The van der Waals surface area contributed by atoms with Crippen molar-refractivity contribution in [2.45, 2.75) is 65.2 Å². The zero-order chi connectivity index (χ0) is 28.9. The molecule has 2 N–H and O–H groups in total. The average Bonchev–Trinajstić information content (AvgIpc) is 3.13. The highest BCUT2D eigenvalue weighted by molar-refractivity contribution is 7.85. The predicted octanol–water partition coefficient (Wildman–Crippen LogP) is 7.32. The molecule has 0 bridgehead atoms. The van der Waals surface area contributed by atoms with E-state index < -0.39 is 10.1 Å². The van der Waals surface area contributed by atoms with Gasteiger partial charge in [0.2, 0.25) is 5.69 Å². The third kappa shape index (κ3) is 6.58. The van der Waals surface area contributed by atoms with Crippen molar-refractivity contribution in [3.05, 3.63) is 71.8 Å². The third-order valence-electron chi connectivity index (χ3n) is 7.98. The van der Waals surface area contributed by atoms with E-state index in [1.54, 1.807) is 6.07 Å². The molecule has 6 nitrogen and oxygen atoms in total. The predicted molar refractivity (Wildman–Crippen MR) is 167 cm³/mol. The first-order valence-corrected chi connectivity index (χ1v) is 16.1. The summed E-state index contributed by atoms with van der Waals surface area (Å²) < 4.78 is 33.5. The maximum atomic E-state index is 11.0. The van der Waals surface area contributed by atoms with Gasteiger partial charge in [0.25, 0.3) is 10.1 Å². The van der Waals surface area contributed by atoms with Crippen molar-refractivity contribution in [1.29, 1.82) is 0 Å². The van der Waals surface area contributed by atoms with Gasteiger partial charge in [0, 0.05) is 37.2 Å². The lowest BCUT2D eigenvalue weighted by molar-refractivity contribution is -0.438. The molecule has 3 aromatic rings. The highest BCUT2D eigenvalue weighted by Gasteiger charge is 2.45. The van der Waals surface area contributed by atoms with Crippen molar-refractivity contribution in [2.75, 3.05) is 30.3 Å². The molecule has 0 spiro atoms. The van der Waals surface area contributed by atoms with Crippen molar-refractivity contribution in [2.24, 2.45) is 0 Å². The summed E-state index contributed by atoms with van der Waals surface area (Å²) in [4.78, 5) is 2.03. The number of anilines is 1. The molecule has 1 aliphatic heterocycles. The van der Waals surface area contributed by atoms with Gasteiger partial charge in [-0.25, -0.2) is 0 Å². The molecule has 0 aliphatic carbocycles. The third-order valence-corrected chi connectivity index (χ3v) is 8.78. The Labute approximate surface area is 239 Å². The minimum Gasteiger partial charge on any atom is -0.506 e. The summed E-state index contributed by atoms with van der Waals surface area (Å²) >= 11 is 0. The van der Waals surface area contributed by atoms with E-state index in [1.807, 2.05) is 24.0 Å². The molecule has 7 heteroatoms. The van der Waals surface area contributed by atoms with Crippen molar-refractivity contribution < 1.29 is 22.7 Å². The zero-order valence-electron chi connectivity index (χ0n) is 24.2. The van der Waals surface area contributed by atoms with Gasteiger partial charge in [-0.3, -0.25) is 4.55 Å².